The Balaban J connectivity index is 1.26. The normalized spacial score (nSPS) is 24.2. The predicted molar refractivity (Wildman–Crippen MR) is 129 cm³/mol. The van der Waals surface area contributed by atoms with Crippen LogP contribution in [0.1, 0.15) is 47.2 Å². The SMILES string of the molecule is CN1CC(=O)N(Cc2cccc(C(=O)N3C4CC[C@@H]3CC([C@H](N)Cc3cc(F)c(F)cc3F)C4)c2)C1=O. The summed E-state index contributed by atoms with van der Waals surface area (Å²) in [4.78, 5) is 42.3. The van der Waals surface area contributed by atoms with E-state index in [1.165, 1.54) is 9.80 Å². The van der Waals surface area contributed by atoms with Crippen LogP contribution in [0.2, 0.25) is 0 Å². The second kappa shape index (κ2) is 9.81. The smallest absolute Gasteiger partial charge is 0.327 e. The summed E-state index contributed by atoms with van der Waals surface area (Å²) >= 11 is 0. The van der Waals surface area contributed by atoms with E-state index in [1.54, 1.807) is 31.3 Å². The minimum Gasteiger partial charge on any atom is -0.333 e. The molecule has 3 aliphatic heterocycles. The van der Waals surface area contributed by atoms with Crippen LogP contribution in [-0.4, -0.2) is 64.3 Å². The molecule has 2 aromatic rings. The Morgan fingerprint density at radius 1 is 1.03 bits per heavy atom. The Labute approximate surface area is 213 Å². The third-order valence-corrected chi connectivity index (χ3v) is 7.90. The predicted octanol–water partition coefficient (Wildman–Crippen LogP) is 3.45. The monoisotopic (exact) mass is 514 g/mol. The molecule has 4 atom stereocenters. The van der Waals surface area contributed by atoms with Gasteiger partial charge in [0.05, 0.1) is 6.54 Å². The molecule has 0 aromatic heterocycles. The van der Waals surface area contributed by atoms with E-state index in [9.17, 15) is 27.6 Å². The zero-order valence-electron chi connectivity index (χ0n) is 20.5. The topological polar surface area (TPSA) is 87.0 Å². The van der Waals surface area contributed by atoms with Crippen molar-refractivity contribution in [2.24, 2.45) is 11.7 Å². The number of rotatable bonds is 6. The van der Waals surface area contributed by atoms with Gasteiger partial charge < -0.3 is 15.5 Å². The zero-order valence-corrected chi connectivity index (χ0v) is 20.5. The van der Waals surface area contributed by atoms with Gasteiger partial charge in [0.25, 0.3) is 11.8 Å². The van der Waals surface area contributed by atoms with Crippen molar-refractivity contribution in [3.05, 3.63) is 70.5 Å². The van der Waals surface area contributed by atoms with Gasteiger partial charge in [-0.1, -0.05) is 12.1 Å². The van der Waals surface area contributed by atoms with Gasteiger partial charge in [-0.25, -0.2) is 18.0 Å². The van der Waals surface area contributed by atoms with Crippen molar-refractivity contribution in [3.63, 3.8) is 0 Å². The summed E-state index contributed by atoms with van der Waals surface area (Å²) in [6.07, 6.45) is 3.06. The Kier molecular flexibility index (Phi) is 6.70. The van der Waals surface area contributed by atoms with Crippen molar-refractivity contribution in [1.82, 2.24) is 14.7 Å². The van der Waals surface area contributed by atoms with Crippen molar-refractivity contribution in [3.8, 4) is 0 Å². The number of halogens is 3. The van der Waals surface area contributed by atoms with Crippen LogP contribution in [0, 0.1) is 23.4 Å². The maximum atomic E-state index is 14.1. The molecule has 196 valence electrons. The summed E-state index contributed by atoms with van der Waals surface area (Å²) in [7, 11) is 1.57. The van der Waals surface area contributed by atoms with Gasteiger partial charge in [-0.3, -0.25) is 14.5 Å². The maximum absolute atomic E-state index is 14.1. The minimum atomic E-state index is -1.23. The molecular formula is C27H29F3N4O3. The number of hydrogen-bond acceptors (Lipinski definition) is 4. The third-order valence-electron chi connectivity index (χ3n) is 7.90. The second-order valence-electron chi connectivity index (χ2n) is 10.4. The fourth-order valence-electron chi connectivity index (χ4n) is 6.00. The Morgan fingerprint density at radius 3 is 2.35 bits per heavy atom. The molecule has 3 aliphatic rings. The number of carbonyl (C=O) groups excluding carboxylic acids is 3. The number of nitrogens with zero attached hydrogens (tertiary/aromatic N) is 3. The number of carbonyl (C=O) groups is 3. The fourth-order valence-corrected chi connectivity index (χ4v) is 6.00. The minimum absolute atomic E-state index is 0.0175. The van der Waals surface area contributed by atoms with Crippen LogP contribution in [0.5, 0.6) is 0 Å². The molecule has 10 heteroatoms. The Bertz CT molecular complexity index is 1240. The van der Waals surface area contributed by atoms with Crippen LogP contribution < -0.4 is 5.73 Å². The van der Waals surface area contributed by atoms with Crippen molar-refractivity contribution >= 4 is 17.8 Å². The molecule has 2 unspecified atom stereocenters. The molecular weight excluding hydrogens is 485 g/mol. The molecule has 4 amide bonds. The first-order valence-electron chi connectivity index (χ1n) is 12.5. The first kappa shape index (κ1) is 25.3. The number of imide groups is 1. The maximum Gasteiger partial charge on any atom is 0.327 e. The molecule has 0 radical (unpaired) electrons. The average molecular weight is 515 g/mol. The Hall–Kier alpha value is -3.40. The van der Waals surface area contributed by atoms with Gasteiger partial charge in [0, 0.05) is 36.8 Å². The molecule has 3 saturated heterocycles. The fraction of sp³-hybridized carbons (Fsp3) is 0.444. The molecule has 3 heterocycles. The van der Waals surface area contributed by atoms with Crippen LogP contribution in [0.4, 0.5) is 18.0 Å². The summed E-state index contributed by atoms with van der Waals surface area (Å²) in [6, 6.07) is 7.56. The van der Waals surface area contributed by atoms with E-state index in [0.717, 1.165) is 18.9 Å². The number of amides is 4. The summed E-state index contributed by atoms with van der Waals surface area (Å²) in [5, 5.41) is 0. The van der Waals surface area contributed by atoms with E-state index in [4.69, 9.17) is 5.73 Å². The highest BCUT2D eigenvalue weighted by molar-refractivity contribution is 6.01. The van der Waals surface area contributed by atoms with Crippen LogP contribution >= 0.6 is 0 Å². The van der Waals surface area contributed by atoms with Crippen LogP contribution in [0.15, 0.2) is 36.4 Å². The molecule has 2 bridgehead atoms. The summed E-state index contributed by atoms with van der Waals surface area (Å²) < 4.78 is 41.0. The van der Waals surface area contributed by atoms with Crippen LogP contribution in [-0.2, 0) is 17.8 Å². The third kappa shape index (κ3) is 4.82. The van der Waals surface area contributed by atoms with E-state index < -0.39 is 23.5 Å². The lowest BCUT2D eigenvalue weighted by Gasteiger charge is -2.41. The number of piperidine rings is 1. The van der Waals surface area contributed by atoms with E-state index in [-0.39, 0.29) is 60.9 Å². The molecule has 37 heavy (non-hydrogen) atoms. The number of likely N-dealkylation sites (N-methyl/N-ethyl adjacent to an activating group) is 1. The summed E-state index contributed by atoms with van der Waals surface area (Å²) in [5.41, 5.74) is 7.64. The highest BCUT2D eigenvalue weighted by atomic mass is 19.2. The summed E-state index contributed by atoms with van der Waals surface area (Å²) in [6.45, 7) is 0.147. The lowest BCUT2D eigenvalue weighted by Crippen LogP contribution is -2.50. The zero-order chi connectivity index (χ0) is 26.4. The molecule has 2 N–H and O–H groups in total. The molecule has 7 nitrogen and oxygen atoms in total. The number of hydrogen-bond donors (Lipinski definition) is 1. The second-order valence-corrected chi connectivity index (χ2v) is 10.4. The van der Waals surface area contributed by atoms with E-state index >= 15 is 0 Å². The van der Waals surface area contributed by atoms with Crippen LogP contribution in [0.3, 0.4) is 0 Å². The van der Waals surface area contributed by atoms with E-state index in [0.29, 0.717) is 30.0 Å². The molecule has 3 fully saturated rings. The van der Waals surface area contributed by atoms with Crippen molar-refractivity contribution in [2.75, 3.05) is 13.6 Å². The van der Waals surface area contributed by atoms with Gasteiger partial charge >= 0.3 is 6.03 Å². The van der Waals surface area contributed by atoms with Crippen molar-refractivity contribution < 1.29 is 27.6 Å². The average Bonchev–Trinajstić information content (AvgIpc) is 3.26. The molecule has 2 aromatic carbocycles. The number of fused-ring (bicyclic) bond motifs is 2. The van der Waals surface area contributed by atoms with E-state index in [1.807, 2.05) is 4.90 Å². The summed E-state index contributed by atoms with van der Waals surface area (Å²) in [5.74, 6) is -3.50. The van der Waals surface area contributed by atoms with E-state index in [2.05, 4.69) is 0 Å². The largest absolute Gasteiger partial charge is 0.333 e. The van der Waals surface area contributed by atoms with Crippen molar-refractivity contribution in [1.29, 1.82) is 0 Å². The van der Waals surface area contributed by atoms with Gasteiger partial charge in [0.2, 0.25) is 0 Å². The van der Waals surface area contributed by atoms with Gasteiger partial charge in [-0.2, -0.15) is 0 Å². The molecule has 5 rings (SSSR count). The number of urea groups is 1. The lowest BCUT2D eigenvalue weighted by atomic mass is 9.82. The van der Waals surface area contributed by atoms with Gasteiger partial charge in [0.15, 0.2) is 11.6 Å². The molecule has 0 spiro atoms. The molecule has 0 aliphatic carbocycles. The quantitative estimate of drug-likeness (QED) is 0.473. The molecule has 0 saturated carbocycles. The Morgan fingerprint density at radius 2 is 1.70 bits per heavy atom. The highest BCUT2D eigenvalue weighted by Gasteiger charge is 2.45. The highest BCUT2D eigenvalue weighted by Crippen LogP contribution is 2.41. The first-order chi connectivity index (χ1) is 17.6. The lowest BCUT2D eigenvalue weighted by molar-refractivity contribution is -0.125. The number of benzene rings is 2. The standard InChI is InChI=1S/C27H29F3N4O3/c1-32-14-25(35)33(27(32)37)13-15-3-2-4-16(7-15)26(36)34-19-5-6-20(34)9-18(8-19)24(31)11-17-10-22(29)23(30)12-21(17)28/h2-4,7,10,12,18-20,24H,5-6,8-9,11,13-14,31H2,1H3/t18?,19-,20?,24-/m1/s1. The van der Waals surface area contributed by atoms with Gasteiger partial charge in [-0.05, 0) is 67.3 Å². The van der Waals surface area contributed by atoms with Gasteiger partial charge in [-0.15, -0.1) is 0 Å². The first-order valence-corrected chi connectivity index (χ1v) is 12.5. The van der Waals surface area contributed by atoms with Gasteiger partial charge in [0.1, 0.15) is 12.4 Å². The van der Waals surface area contributed by atoms with Crippen LogP contribution in [0.25, 0.3) is 0 Å². The van der Waals surface area contributed by atoms with Crippen molar-refractivity contribution in [2.45, 2.75) is 56.8 Å². The number of nitrogens with two attached hydrogens (primary N) is 1.